The molecule has 2 rings (SSSR count). The van der Waals surface area contributed by atoms with Crippen molar-refractivity contribution in [1.29, 1.82) is 5.26 Å². The van der Waals surface area contributed by atoms with Crippen molar-refractivity contribution in [3.05, 3.63) is 29.8 Å². The lowest BCUT2D eigenvalue weighted by atomic mass is 9.83. The third-order valence-corrected chi connectivity index (χ3v) is 4.28. The number of hydrogen-bond donors (Lipinski definition) is 0. The zero-order chi connectivity index (χ0) is 13.0. The van der Waals surface area contributed by atoms with Gasteiger partial charge in [0.25, 0.3) is 0 Å². The highest BCUT2D eigenvalue weighted by molar-refractivity contribution is 5.59. The van der Waals surface area contributed by atoms with Crippen molar-refractivity contribution < 1.29 is 0 Å². The van der Waals surface area contributed by atoms with Gasteiger partial charge < -0.3 is 4.90 Å². The molecule has 2 unspecified atom stereocenters. The normalized spacial score (nSPS) is 23.4. The second-order valence-electron chi connectivity index (χ2n) is 5.33. The molecule has 1 aromatic carbocycles. The molecule has 96 valence electrons. The molecule has 1 saturated carbocycles. The molecule has 2 atom stereocenters. The number of benzene rings is 1. The summed E-state index contributed by atoms with van der Waals surface area (Å²) in [4.78, 5) is 2.32. The first-order valence-electron chi connectivity index (χ1n) is 6.98. The van der Waals surface area contributed by atoms with Crippen molar-refractivity contribution in [2.24, 2.45) is 5.92 Å². The molecule has 0 spiro atoms. The summed E-state index contributed by atoms with van der Waals surface area (Å²) in [5.41, 5.74) is 1.88. The van der Waals surface area contributed by atoms with E-state index in [1.54, 1.807) is 0 Å². The van der Waals surface area contributed by atoms with Crippen LogP contribution in [0.25, 0.3) is 0 Å². The highest BCUT2D eigenvalue weighted by atomic mass is 15.1. The predicted molar refractivity (Wildman–Crippen MR) is 75.6 cm³/mol. The van der Waals surface area contributed by atoms with E-state index in [0.29, 0.717) is 6.04 Å². The lowest BCUT2D eigenvalue weighted by molar-refractivity contribution is 0.309. The molecule has 0 N–H and O–H groups in total. The third-order valence-electron chi connectivity index (χ3n) is 4.28. The average molecular weight is 242 g/mol. The van der Waals surface area contributed by atoms with Crippen molar-refractivity contribution in [2.75, 3.05) is 11.9 Å². The van der Waals surface area contributed by atoms with Gasteiger partial charge in [0.05, 0.1) is 11.3 Å². The Morgan fingerprint density at radius 1 is 1.33 bits per heavy atom. The smallest absolute Gasteiger partial charge is 0.101 e. The highest BCUT2D eigenvalue weighted by Gasteiger charge is 2.24. The van der Waals surface area contributed by atoms with E-state index in [2.05, 4.69) is 31.0 Å². The van der Waals surface area contributed by atoms with Crippen molar-refractivity contribution in [3.8, 4) is 6.07 Å². The summed E-state index contributed by atoms with van der Waals surface area (Å²) in [7, 11) is 2.14. The fourth-order valence-corrected chi connectivity index (χ4v) is 3.06. The van der Waals surface area contributed by atoms with Crippen LogP contribution in [0.15, 0.2) is 24.3 Å². The van der Waals surface area contributed by atoms with E-state index in [1.807, 2.05) is 18.2 Å². The molecular formula is C16H22N2. The van der Waals surface area contributed by atoms with Gasteiger partial charge in [-0.3, -0.25) is 0 Å². The van der Waals surface area contributed by atoms with E-state index in [1.165, 1.54) is 32.1 Å². The number of anilines is 1. The summed E-state index contributed by atoms with van der Waals surface area (Å²) in [5, 5.41) is 9.19. The van der Waals surface area contributed by atoms with Crippen molar-refractivity contribution >= 4 is 5.69 Å². The van der Waals surface area contributed by atoms with Crippen LogP contribution >= 0.6 is 0 Å². The van der Waals surface area contributed by atoms with E-state index in [9.17, 15) is 5.26 Å². The molecule has 18 heavy (non-hydrogen) atoms. The van der Waals surface area contributed by atoms with Crippen molar-refractivity contribution in [2.45, 2.75) is 45.1 Å². The summed E-state index contributed by atoms with van der Waals surface area (Å²) < 4.78 is 0. The van der Waals surface area contributed by atoms with Crippen LogP contribution in [0.5, 0.6) is 0 Å². The van der Waals surface area contributed by atoms with Crippen LogP contribution in [0.3, 0.4) is 0 Å². The van der Waals surface area contributed by atoms with E-state index in [0.717, 1.165) is 17.2 Å². The van der Waals surface area contributed by atoms with Gasteiger partial charge in [0.2, 0.25) is 0 Å². The number of nitrogens with zero attached hydrogens (tertiary/aromatic N) is 2. The van der Waals surface area contributed by atoms with Crippen LogP contribution in [0.2, 0.25) is 0 Å². The average Bonchev–Trinajstić information content (AvgIpc) is 2.46. The Balaban J connectivity index is 2.15. The minimum atomic E-state index is 0.596. The van der Waals surface area contributed by atoms with E-state index in [4.69, 9.17) is 0 Å². The SMILES string of the molecule is CCC1CCCC(N(C)c2ccccc2C#N)C1. The summed E-state index contributed by atoms with van der Waals surface area (Å²) in [5.74, 6) is 0.862. The zero-order valence-electron chi connectivity index (χ0n) is 11.4. The summed E-state index contributed by atoms with van der Waals surface area (Å²) in [6.07, 6.45) is 6.51. The fraction of sp³-hybridized carbons (Fsp3) is 0.562. The minimum Gasteiger partial charge on any atom is -0.371 e. The van der Waals surface area contributed by atoms with Gasteiger partial charge in [0.15, 0.2) is 0 Å². The van der Waals surface area contributed by atoms with Crippen molar-refractivity contribution in [3.63, 3.8) is 0 Å². The Kier molecular flexibility index (Phi) is 4.25. The molecule has 0 amide bonds. The maximum absolute atomic E-state index is 9.19. The molecular weight excluding hydrogens is 220 g/mol. The van der Waals surface area contributed by atoms with Crippen LogP contribution in [-0.2, 0) is 0 Å². The largest absolute Gasteiger partial charge is 0.371 e. The Bertz CT molecular complexity index is 433. The van der Waals surface area contributed by atoms with E-state index in [-0.39, 0.29) is 0 Å². The topological polar surface area (TPSA) is 27.0 Å². The van der Waals surface area contributed by atoms with Gasteiger partial charge >= 0.3 is 0 Å². The Morgan fingerprint density at radius 2 is 2.11 bits per heavy atom. The van der Waals surface area contributed by atoms with Crippen molar-refractivity contribution in [1.82, 2.24) is 0 Å². The highest BCUT2D eigenvalue weighted by Crippen LogP contribution is 2.32. The van der Waals surface area contributed by atoms with E-state index >= 15 is 0 Å². The zero-order valence-corrected chi connectivity index (χ0v) is 11.4. The number of rotatable bonds is 3. The molecule has 0 aromatic heterocycles. The second kappa shape index (κ2) is 5.91. The lowest BCUT2D eigenvalue weighted by Crippen LogP contribution is -2.36. The first kappa shape index (κ1) is 13.0. The van der Waals surface area contributed by atoms with Gasteiger partial charge in [0.1, 0.15) is 6.07 Å². The maximum Gasteiger partial charge on any atom is 0.101 e. The predicted octanol–water partition coefficient (Wildman–Crippen LogP) is 3.96. The van der Waals surface area contributed by atoms with Crippen LogP contribution in [0.4, 0.5) is 5.69 Å². The minimum absolute atomic E-state index is 0.596. The quantitative estimate of drug-likeness (QED) is 0.802. The molecule has 1 aromatic rings. The Hall–Kier alpha value is -1.49. The molecule has 0 bridgehead atoms. The summed E-state index contributed by atoms with van der Waals surface area (Å²) in [6.45, 7) is 2.29. The van der Waals surface area contributed by atoms with Gasteiger partial charge in [-0.15, -0.1) is 0 Å². The molecule has 1 fully saturated rings. The van der Waals surface area contributed by atoms with Gasteiger partial charge in [-0.25, -0.2) is 0 Å². The Labute approximate surface area is 110 Å². The van der Waals surface area contributed by atoms with Crippen LogP contribution in [-0.4, -0.2) is 13.1 Å². The number of hydrogen-bond acceptors (Lipinski definition) is 2. The molecule has 0 aliphatic heterocycles. The van der Waals surface area contributed by atoms with Gasteiger partial charge in [-0.2, -0.15) is 5.26 Å². The third kappa shape index (κ3) is 2.67. The van der Waals surface area contributed by atoms with E-state index < -0.39 is 0 Å². The molecule has 2 nitrogen and oxygen atoms in total. The van der Waals surface area contributed by atoms with Crippen LogP contribution in [0.1, 0.15) is 44.6 Å². The Morgan fingerprint density at radius 3 is 2.83 bits per heavy atom. The number of nitriles is 1. The lowest BCUT2D eigenvalue weighted by Gasteiger charge is -2.36. The molecule has 1 aliphatic rings. The van der Waals surface area contributed by atoms with Gasteiger partial charge in [-0.05, 0) is 30.9 Å². The van der Waals surface area contributed by atoms with Gasteiger partial charge in [-0.1, -0.05) is 38.3 Å². The van der Waals surface area contributed by atoms with Gasteiger partial charge in [0, 0.05) is 13.1 Å². The molecule has 0 heterocycles. The molecule has 0 radical (unpaired) electrons. The monoisotopic (exact) mass is 242 g/mol. The fourth-order valence-electron chi connectivity index (χ4n) is 3.06. The summed E-state index contributed by atoms with van der Waals surface area (Å²) >= 11 is 0. The molecule has 0 saturated heterocycles. The molecule has 1 aliphatic carbocycles. The first-order valence-corrected chi connectivity index (χ1v) is 6.98. The second-order valence-corrected chi connectivity index (χ2v) is 5.33. The standard InChI is InChI=1S/C16H22N2/c1-3-13-7-6-9-15(11-13)18(2)16-10-5-4-8-14(16)12-17/h4-5,8,10,13,15H,3,6-7,9,11H2,1-2H3. The van der Waals surface area contributed by atoms with Crippen LogP contribution < -0.4 is 4.90 Å². The number of para-hydroxylation sites is 1. The summed E-state index contributed by atoms with van der Waals surface area (Å²) in [6, 6.07) is 10.8. The first-order chi connectivity index (χ1) is 8.76. The maximum atomic E-state index is 9.19. The molecule has 2 heteroatoms. The van der Waals surface area contributed by atoms with Crippen LogP contribution in [0, 0.1) is 17.2 Å².